The minimum Gasteiger partial charge on any atom is -0.379 e. The van der Waals surface area contributed by atoms with Crippen LogP contribution in [0.5, 0.6) is 0 Å². The van der Waals surface area contributed by atoms with Crippen LogP contribution in [0.1, 0.15) is 36.1 Å². The lowest BCUT2D eigenvalue weighted by Gasteiger charge is -2.36. The number of nitrogens with zero attached hydrogens (tertiary/aromatic N) is 3. The Morgan fingerprint density at radius 2 is 2.27 bits per heavy atom. The van der Waals surface area contributed by atoms with E-state index in [-0.39, 0.29) is 30.5 Å². The van der Waals surface area contributed by atoms with E-state index in [1.165, 1.54) is 0 Å². The fourth-order valence-electron chi connectivity index (χ4n) is 5.81. The van der Waals surface area contributed by atoms with Gasteiger partial charge < -0.3 is 19.7 Å². The molecule has 0 radical (unpaired) electrons. The van der Waals surface area contributed by atoms with Gasteiger partial charge in [-0.3, -0.25) is 14.8 Å². The summed E-state index contributed by atoms with van der Waals surface area (Å²) in [5, 5.41) is 3.37. The highest BCUT2D eigenvalue weighted by atomic mass is 19.4. The van der Waals surface area contributed by atoms with Gasteiger partial charge in [-0.05, 0) is 36.9 Å². The molecule has 7 nitrogen and oxygen atoms in total. The average molecular weight is 467 g/mol. The first kappa shape index (κ1) is 22.7. The lowest BCUT2D eigenvalue weighted by molar-refractivity contribution is -0.143. The fraction of sp³-hybridized carbons (Fsp3) is 0.696. The number of rotatable bonds is 3. The summed E-state index contributed by atoms with van der Waals surface area (Å²) in [5.74, 6) is 0.159. The van der Waals surface area contributed by atoms with E-state index in [0.717, 1.165) is 37.4 Å². The zero-order valence-electron chi connectivity index (χ0n) is 18.7. The number of halogens is 3. The number of carbonyl (C=O) groups is 1. The number of methoxy groups -OCH3 is 1. The molecular formula is C23H29F3N4O3. The van der Waals surface area contributed by atoms with Gasteiger partial charge in [0.05, 0.1) is 23.6 Å². The lowest BCUT2D eigenvalue weighted by Crippen LogP contribution is -2.48. The van der Waals surface area contributed by atoms with Crippen LogP contribution < -0.4 is 5.32 Å². The molecule has 1 aromatic heterocycles. The summed E-state index contributed by atoms with van der Waals surface area (Å²) in [5.41, 5.74) is 0.819. The molecule has 0 spiro atoms. The van der Waals surface area contributed by atoms with Crippen molar-refractivity contribution in [2.24, 2.45) is 16.3 Å². The molecule has 33 heavy (non-hydrogen) atoms. The van der Waals surface area contributed by atoms with Gasteiger partial charge in [-0.1, -0.05) is 0 Å². The third kappa shape index (κ3) is 4.17. The largest absolute Gasteiger partial charge is 0.417 e. The zero-order valence-corrected chi connectivity index (χ0v) is 18.7. The van der Waals surface area contributed by atoms with Crippen molar-refractivity contribution < 1.29 is 27.4 Å². The fourth-order valence-corrected chi connectivity index (χ4v) is 5.81. The molecule has 4 heterocycles. The van der Waals surface area contributed by atoms with Gasteiger partial charge in [0, 0.05) is 63.8 Å². The van der Waals surface area contributed by atoms with Crippen LogP contribution in [0.15, 0.2) is 17.3 Å². The molecule has 0 bridgehead atoms. The van der Waals surface area contributed by atoms with Crippen molar-refractivity contribution in [3.63, 3.8) is 0 Å². The number of aliphatic imine (C=N–C) groups is 1. The van der Waals surface area contributed by atoms with E-state index in [1.807, 2.05) is 0 Å². The first-order chi connectivity index (χ1) is 15.8. The van der Waals surface area contributed by atoms with Gasteiger partial charge in [0.2, 0.25) is 5.91 Å². The Kier molecular flexibility index (Phi) is 5.95. The molecule has 1 aliphatic carbocycles. The van der Waals surface area contributed by atoms with E-state index in [0.29, 0.717) is 50.4 Å². The summed E-state index contributed by atoms with van der Waals surface area (Å²) in [4.78, 5) is 24.5. The Bertz CT molecular complexity index is 953. The molecule has 1 aromatic rings. The van der Waals surface area contributed by atoms with E-state index < -0.39 is 17.2 Å². The van der Waals surface area contributed by atoms with Crippen LogP contribution in [0, 0.1) is 11.3 Å². The van der Waals surface area contributed by atoms with Crippen LogP contribution in [0.4, 0.5) is 13.2 Å². The molecule has 3 aliphatic heterocycles. The highest BCUT2D eigenvalue weighted by Gasteiger charge is 2.55. The first-order valence-corrected chi connectivity index (χ1v) is 11.5. The van der Waals surface area contributed by atoms with Crippen molar-refractivity contribution in [2.45, 2.75) is 50.6 Å². The monoisotopic (exact) mass is 466 g/mol. The van der Waals surface area contributed by atoms with Crippen molar-refractivity contribution in [3.05, 3.63) is 29.1 Å². The Balaban J connectivity index is 1.35. The molecule has 2 saturated heterocycles. The summed E-state index contributed by atoms with van der Waals surface area (Å²) in [7, 11) is 1.66. The van der Waals surface area contributed by atoms with Crippen molar-refractivity contribution >= 4 is 11.6 Å². The summed E-state index contributed by atoms with van der Waals surface area (Å²) in [6.45, 7) is 3.12. The minimum absolute atomic E-state index is 0.0148. The quantitative estimate of drug-likeness (QED) is 0.740. The molecule has 4 atom stereocenters. The second-order valence-corrected chi connectivity index (χ2v) is 9.57. The van der Waals surface area contributed by atoms with Crippen LogP contribution in [-0.2, 0) is 33.4 Å². The van der Waals surface area contributed by atoms with Crippen LogP contribution in [-0.4, -0.2) is 73.6 Å². The minimum atomic E-state index is -4.45. The van der Waals surface area contributed by atoms with Crippen molar-refractivity contribution in [1.29, 1.82) is 0 Å². The van der Waals surface area contributed by atoms with E-state index in [4.69, 9.17) is 14.5 Å². The van der Waals surface area contributed by atoms with Crippen LogP contribution in [0.2, 0.25) is 0 Å². The Morgan fingerprint density at radius 1 is 1.42 bits per heavy atom. The van der Waals surface area contributed by atoms with Gasteiger partial charge in [-0.2, -0.15) is 13.2 Å². The number of carbonyl (C=O) groups excluding carboxylic acids is 1. The van der Waals surface area contributed by atoms with Crippen molar-refractivity contribution in [1.82, 2.24) is 15.2 Å². The van der Waals surface area contributed by atoms with Gasteiger partial charge in [0.15, 0.2) is 0 Å². The number of ether oxygens (including phenoxy) is 2. The molecule has 3 fully saturated rings. The van der Waals surface area contributed by atoms with E-state index in [9.17, 15) is 18.0 Å². The molecule has 0 aromatic carbocycles. The van der Waals surface area contributed by atoms with Gasteiger partial charge >= 0.3 is 6.18 Å². The summed E-state index contributed by atoms with van der Waals surface area (Å²) >= 11 is 0. The third-order valence-electron chi connectivity index (χ3n) is 7.61. The molecule has 10 heteroatoms. The smallest absolute Gasteiger partial charge is 0.379 e. The molecule has 2 unspecified atom stereocenters. The Hall–Kier alpha value is -2.04. The summed E-state index contributed by atoms with van der Waals surface area (Å²) < 4.78 is 50.5. The summed E-state index contributed by atoms with van der Waals surface area (Å²) in [6, 6.07) is 1.17. The van der Waals surface area contributed by atoms with E-state index in [2.05, 4.69) is 10.3 Å². The topological polar surface area (TPSA) is 76.1 Å². The standard InChI is InChI=1S/C23H29F3N4O3/c1-32-20-12-33-5-3-19(20)29-17-7-15-9-27-13-22(15,8-17)21(31)30-4-2-18-14(11-30)6-16(10-28-18)23(24,25)26/h6,10,15,19-20,27H,2-5,7-9,11-13H2,1H3/t15-,19?,20?,22-/m0/s1. The van der Waals surface area contributed by atoms with Crippen LogP contribution in [0.3, 0.4) is 0 Å². The van der Waals surface area contributed by atoms with Gasteiger partial charge in [-0.25, -0.2) is 0 Å². The first-order valence-electron chi connectivity index (χ1n) is 11.5. The number of hydrogen-bond acceptors (Lipinski definition) is 6. The maximum absolute atomic E-state index is 13.8. The van der Waals surface area contributed by atoms with Gasteiger partial charge in [-0.15, -0.1) is 0 Å². The molecule has 1 amide bonds. The molecule has 1 saturated carbocycles. The number of alkyl halides is 3. The molecule has 5 rings (SSSR count). The number of pyridine rings is 1. The second kappa shape index (κ2) is 8.63. The molecule has 1 N–H and O–H groups in total. The predicted octanol–water partition coefficient (Wildman–Crippen LogP) is 2.23. The van der Waals surface area contributed by atoms with E-state index >= 15 is 0 Å². The van der Waals surface area contributed by atoms with Crippen molar-refractivity contribution in [3.8, 4) is 0 Å². The number of fused-ring (bicyclic) bond motifs is 2. The average Bonchev–Trinajstić information content (AvgIpc) is 3.35. The molecule has 4 aliphatic rings. The maximum Gasteiger partial charge on any atom is 0.417 e. The SMILES string of the molecule is COC1COCCC1N=C1C[C@H]2CNC[C@@]2(C(=O)N2CCc3ncc(C(F)(F)F)cc3C2)C1. The zero-order chi connectivity index (χ0) is 23.2. The highest BCUT2D eigenvalue weighted by molar-refractivity contribution is 5.97. The molecule has 180 valence electrons. The van der Waals surface area contributed by atoms with E-state index in [1.54, 1.807) is 12.0 Å². The number of nitrogens with one attached hydrogen (secondary N) is 1. The van der Waals surface area contributed by atoms with Crippen molar-refractivity contribution in [2.75, 3.05) is 40.0 Å². The number of amides is 1. The third-order valence-corrected chi connectivity index (χ3v) is 7.61. The Labute approximate surface area is 190 Å². The lowest BCUT2D eigenvalue weighted by atomic mass is 9.79. The van der Waals surface area contributed by atoms with Gasteiger partial charge in [0.1, 0.15) is 6.10 Å². The van der Waals surface area contributed by atoms with Crippen LogP contribution in [0.25, 0.3) is 0 Å². The normalized spacial score (nSPS) is 33.3. The van der Waals surface area contributed by atoms with Crippen LogP contribution >= 0.6 is 0 Å². The number of aromatic nitrogens is 1. The highest BCUT2D eigenvalue weighted by Crippen LogP contribution is 2.47. The second-order valence-electron chi connectivity index (χ2n) is 9.57. The number of hydrogen-bond donors (Lipinski definition) is 1. The maximum atomic E-state index is 13.8. The molecular weight excluding hydrogens is 437 g/mol. The van der Waals surface area contributed by atoms with Gasteiger partial charge in [0.25, 0.3) is 0 Å². The summed E-state index contributed by atoms with van der Waals surface area (Å²) in [6.07, 6.45) is -1.04. The Morgan fingerprint density at radius 3 is 3.06 bits per heavy atom. The predicted molar refractivity (Wildman–Crippen MR) is 114 cm³/mol.